The van der Waals surface area contributed by atoms with E-state index in [9.17, 15) is 18.0 Å². The number of carbonyl (C=O) groups is 1. The second-order valence-electron chi connectivity index (χ2n) is 5.30. The molecule has 1 aromatic carbocycles. The van der Waals surface area contributed by atoms with Gasteiger partial charge in [-0.15, -0.1) is 0 Å². The van der Waals surface area contributed by atoms with E-state index in [0.29, 0.717) is 29.4 Å². The zero-order chi connectivity index (χ0) is 17.3. The van der Waals surface area contributed by atoms with Gasteiger partial charge < -0.3 is 10.3 Å². The van der Waals surface area contributed by atoms with Gasteiger partial charge in [0, 0.05) is 24.5 Å². The fourth-order valence-electron chi connectivity index (χ4n) is 2.45. The van der Waals surface area contributed by atoms with Crippen LogP contribution in [0.4, 0.5) is 11.4 Å². The Labute approximate surface area is 143 Å². The van der Waals surface area contributed by atoms with E-state index in [0.717, 1.165) is 0 Å². The van der Waals surface area contributed by atoms with Crippen LogP contribution in [-0.4, -0.2) is 31.6 Å². The summed E-state index contributed by atoms with van der Waals surface area (Å²) in [7, 11) is -3.37. The predicted molar refractivity (Wildman–Crippen MR) is 92.2 cm³/mol. The number of amides is 1. The molecule has 0 bridgehead atoms. The number of hydrogen-bond acceptors (Lipinski definition) is 4. The van der Waals surface area contributed by atoms with Gasteiger partial charge in [0.15, 0.2) is 0 Å². The van der Waals surface area contributed by atoms with Gasteiger partial charge in [-0.05, 0) is 30.7 Å². The largest absolute Gasteiger partial charge is 0.328 e. The Kier molecular flexibility index (Phi) is 4.33. The number of nitrogens with zero attached hydrogens (tertiary/aromatic N) is 1. The highest BCUT2D eigenvalue weighted by atomic mass is 35.5. The predicted octanol–water partition coefficient (Wildman–Crippen LogP) is 1.82. The van der Waals surface area contributed by atoms with Gasteiger partial charge in [0.05, 0.1) is 22.0 Å². The van der Waals surface area contributed by atoms with Crippen molar-refractivity contribution in [2.75, 3.05) is 21.9 Å². The Balaban J connectivity index is 1.87. The fourth-order valence-corrected chi connectivity index (χ4v) is 4.29. The van der Waals surface area contributed by atoms with E-state index >= 15 is 0 Å². The molecule has 0 unspecified atom stereocenters. The quantitative estimate of drug-likeness (QED) is 0.864. The summed E-state index contributed by atoms with van der Waals surface area (Å²) >= 11 is 6.12. The molecular formula is C15H14ClN3O4S. The third kappa shape index (κ3) is 3.29. The normalized spacial score (nSPS) is 16.1. The Morgan fingerprint density at radius 2 is 2.04 bits per heavy atom. The Morgan fingerprint density at radius 1 is 1.25 bits per heavy atom. The lowest BCUT2D eigenvalue weighted by molar-refractivity contribution is 0.102. The van der Waals surface area contributed by atoms with Gasteiger partial charge in [-0.3, -0.25) is 13.9 Å². The molecule has 2 N–H and O–H groups in total. The number of halogens is 1. The monoisotopic (exact) mass is 367 g/mol. The van der Waals surface area contributed by atoms with Crippen molar-refractivity contribution < 1.29 is 13.2 Å². The van der Waals surface area contributed by atoms with Crippen LogP contribution < -0.4 is 15.2 Å². The van der Waals surface area contributed by atoms with Crippen LogP contribution in [0.2, 0.25) is 5.02 Å². The molecule has 3 rings (SSSR count). The van der Waals surface area contributed by atoms with Crippen molar-refractivity contribution in [2.24, 2.45) is 0 Å². The molecule has 24 heavy (non-hydrogen) atoms. The molecule has 2 heterocycles. The molecule has 7 nitrogen and oxygen atoms in total. The van der Waals surface area contributed by atoms with Gasteiger partial charge in [0.1, 0.15) is 0 Å². The number of benzene rings is 1. The van der Waals surface area contributed by atoms with Crippen molar-refractivity contribution in [3.05, 3.63) is 57.5 Å². The molecule has 0 radical (unpaired) electrons. The summed E-state index contributed by atoms with van der Waals surface area (Å²) in [6.07, 6.45) is 1.84. The van der Waals surface area contributed by atoms with Crippen LogP contribution in [0.3, 0.4) is 0 Å². The number of pyridine rings is 1. The SMILES string of the molecule is O=C(Nc1ccc(Cl)c(N2CCCS2(=O)=O)c1)c1ccc(=O)[nH]c1. The summed E-state index contributed by atoms with van der Waals surface area (Å²) in [4.78, 5) is 25.6. The van der Waals surface area contributed by atoms with Crippen LogP contribution in [0.25, 0.3) is 0 Å². The van der Waals surface area contributed by atoms with E-state index in [-0.39, 0.29) is 16.9 Å². The molecule has 0 spiro atoms. The lowest BCUT2D eigenvalue weighted by atomic mass is 10.2. The van der Waals surface area contributed by atoms with Crippen LogP contribution >= 0.6 is 11.6 Å². The molecule has 0 atom stereocenters. The lowest BCUT2D eigenvalue weighted by Gasteiger charge is -2.19. The molecule has 1 aromatic heterocycles. The molecule has 1 aliphatic rings. The maximum Gasteiger partial charge on any atom is 0.257 e. The minimum absolute atomic E-state index is 0.0806. The van der Waals surface area contributed by atoms with Crippen LogP contribution in [0.1, 0.15) is 16.8 Å². The number of aromatic amines is 1. The van der Waals surface area contributed by atoms with Crippen molar-refractivity contribution in [3.8, 4) is 0 Å². The fraction of sp³-hybridized carbons (Fsp3) is 0.200. The van der Waals surface area contributed by atoms with Gasteiger partial charge in [-0.2, -0.15) is 0 Å². The molecule has 0 aliphatic carbocycles. The van der Waals surface area contributed by atoms with Crippen LogP contribution in [0, 0.1) is 0 Å². The molecule has 2 aromatic rings. The van der Waals surface area contributed by atoms with E-state index < -0.39 is 15.9 Å². The number of nitrogens with one attached hydrogen (secondary N) is 2. The van der Waals surface area contributed by atoms with Gasteiger partial charge in [0.2, 0.25) is 15.6 Å². The highest BCUT2D eigenvalue weighted by molar-refractivity contribution is 7.93. The third-order valence-corrected chi connectivity index (χ3v) is 5.79. The number of carbonyl (C=O) groups excluding carboxylic acids is 1. The van der Waals surface area contributed by atoms with Gasteiger partial charge >= 0.3 is 0 Å². The minimum atomic E-state index is -3.37. The first-order chi connectivity index (χ1) is 11.4. The third-order valence-electron chi connectivity index (χ3n) is 3.62. The zero-order valence-corrected chi connectivity index (χ0v) is 14.0. The second kappa shape index (κ2) is 6.29. The number of H-pyrrole nitrogens is 1. The Hall–Kier alpha value is -2.32. The molecule has 1 fully saturated rings. The van der Waals surface area contributed by atoms with Crippen molar-refractivity contribution in [3.63, 3.8) is 0 Å². The summed E-state index contributed by atoms with van der Waals surface area (Å²) in [5.74, 6) is -0.346. The van der Waals surface area contributed by atoms with Crippen molar-refractivity contribution in [2.45, 2.75) is 6.42 Å². The number of anilines is 2. The second-order valence-corrected chi connectivity index (χ2v) is 7.72. The first-order valence-electron chi connectivity index (χ1n) is 7.17. The number of rotatable bonds is 3. The van der Waals surface area contributed by atoms with Crippen molar-refractivity contribution in [1.82, 2.24) is 4.98 Å². The molecular weight excluding hydrogens is 354 g/mol. The van der Waals surface area contributed by atoms with E-state index in [1.165, 1.54) is 34.8 Å². The average Bonchev–Trinajstić information content (AvgIpc) is 2.89. The standard InChI is InChI=1S/C15H14ClN3O4S/c16-12-4-3-11(8-13(12)19-6-1-7-24(19,22)23)18-15(21)10-2-5-14(20)17-9-10/h2-5,8-9H,1,6-7H2,(H,17,20)(H,18,21). The van der Waals surface area contributed by atoms with E-state index in [2.05, 4.69) is 10.3 Å². The smallest absolute Gasteiger partial charge is 0.257 e. The highest BCUT2D eigenvalue weighted by Gasteiger charge is 2.30. The van der Waals surface area contributed by atoms with E-state index in [1.54, 1.807) is 6.07 Å². The number of hydrogen-bond donors (Lipinski definition) is 2. The van der Waals surface area contributed by atoms with Crippen LogP contribution in [-0.2, 0) is 10.0 Å². The topological polar surface area (TPSA) is 99.3 Å². The van der Waals surface area contributed by atoms with Gasteiger partial charge in [0.25, 0.3) is 5.91 Å². The van der Waals surface area contributed by atoms with E-state index in [4.69, 9.17) is 11.6 Å². The van der Waals surface area contributed by atoms with Gasteiger partial charge in [-0.1, -0.05) is 11.6 Å². The molecule has 1 amide bonds. The number of aromatic nitrogens is 1. The summed E-state index contributed by atoms with van der Waals surface area (Å²) in [6, 6.07) is 7.29. The molecule has 9 heteroatoms. The first-order valence-corrected chi connectivity index (χ1v) is 9.15. The molecule has 1 aliphatic heterocycles. The maximum atomic E-state index is 12.2. The van der Waals surface area contributed by atoms with Crippen LogP contribution in [0.5, 0.6) is 0 Å². The Bertz CT molecular complexity index is 935. The summed E-state index contributed by atoms with van der Waals surface area (Å²) < 4.78 is 25.4. The first kappa shape index (κ1) is 16.5. The average molecular weight is 368 g/mol. The van der Waals surface area contributed by atoms with E-state index in [1.807, 2.05) is 0 Å². The Morgan fingerprint density at radius 3 is 2.67 bits per heavy atom. The van der Waals surface area contributed by atoms with Gasteiger partial charge in [-0.25, -0.2) is 8.42 Å². The summed E-state index contributed by atoms with van der Waals surface area (Å²) in [5.41, 5.74) is 0.723. The zero-order valence-electron chi connectivity index (χ0n) is 12.5. The summed E-state index contributed by atoms with van der Waals surface area (Å²) in [6.45, 7) is 0.360. The highest BCUT2D eigenvalue weighted by Crippen LogP contribution is 2.33. The minimum Gasteiger partial charge on any atom is -0.328 e. The molecule has 1 saturated heterocycles. The maximum absolute atomic E-state index is 12.2. The summed E-state index contributed by atoms with van der Waals surface area (Å²) in [5, 5.41) is 2.95. The van der Waals surface area contributed by atoms with Crippen LogP contribution in [0.15, 0.2) is 41.3 Å². The number of sulfonamides is 1. The van der Waals surface area contributed by atoms with Crippen molar-refractivity contribution >= 4 is 38.9 Å². The molecule has 0 saturated carbocycles. The molecule has 126 valence electrons. The van der Waals surface area contributed by atoms with Crippen molar-refractivity contribution in [1.29, 1.82) is 0 Å². The lowest BCUT2D eigenvalue weighted by Crippen LogP contribution is -2.25.